The van der Waals surface area contributed by atoms with Crippen molar-refractivity contribution in [2.45, 2.75) is 45.3 Å². The van der Waals surface area contributed by atoms with E-state index in [2.05, 4.69) is 10.3 Å². The molecule has 0 saturated carbocycles. The van der Waals surface area contributed by atoms with E-state index in [4.69, 9.17) is 4.74 Å². The minimum absolute atomic E-state index is 0.0646. The first-order chi connectivity index (χ1) is 13.6. The predicted octanol–water partition coefficient (Wildman–Crippen LogP) is 4.52. The third kappa shape index (κ3) is 3.83. The number of aliphatic carboxylic acids is 1. The van der Waals surface area contributed by atoms with Gasteiger partial charge in [-0.2, -0.15) is 0 Å². The summed E-state index contributed by atoms with van der Waals surface area (Å²) in [5.41, 5.74) is 1.09. The summed E-state index contributed by atoms with van der Waals surface area (Å²) in [6.45, 7) is 7.18. The fraction of sp³-hybridized carbons (Fsp3) is 0.304. The molecule has 0 saturated heterocycles. The lowest BCUT2D eigenvalue weighted by molar-refractivity contribution is -0.146. The standard InChI is InChI=1S/C23H26N2O4/c1-15-10-11-19-17(12-15)18(13-24-19)22(2,3)23(4,20(26)27)25-21(28)29-14-16-8-6-5-7-9-16/h5-13,24H,14H2,1-4H3,(H,25,28)(H,26,27). The van der Waals surface area contributed by atoms with Gasteiger partial charge in [0.05, 0.1) is 0 Å². The SMILES string of the molecule is Cc1ccc2[nH]cc(C(C)(C)C(C)(NC(=O)OCc3ccccc3)C(=O)O)c2c1. The average molecular weight is 394 g/mol. The van der Waals surface area contributed by atoms with E-state index in [1.165, 1.54) is 6.92 Å². The Hall–Kier alpha value is -3.28. The van der Waals surface area contributed by atoms with Gasteiger partial charge in [-0.05, 0) is 37.1 Å². The van der Waals surface area contributed by atoms with Crippen molar-refractivity contribution in [3.8, 4) is 0 Å². The Labute approximate surface area is 169 Å². The van der Waals surface area contributed by atoms with E-state index in [-0.39, 0.29) is 6.61 Å². The summed E-state index contributed by atoms with van der Waals surface area (Å²) in [6.07, 6.45) is 1.03. The lowest BCUT2D eigenvalue weighted by Gasteiger charge is -2.41. The summed E-state index contributed by atoms with van der Waals surface area (Å²) < 4.78 is 5.27. The number of alkyl carbamates (subject to hydrolysis) is 1. The first-order valence-corrected chi connectivity index (χ1v) is 9.45. The second kappa shape index (κ2) is 7.62. The van der Waals surface area contributed by atoms with Gasteiger partial charge in [-0.15, -0.1) is 0 Å². The second-order valence-electron chi connectivity index (χ2n) is 7.99. The highest BCUT2D eigenvalue weighted by Gasteiger charge is 2.51. The fourth-order valence-corrected chi connectivity index (χ4v) is 3.46. The van der Waals surface area contributed by atoms with Crippen LogP contribution in [0.5, 0.6) is 0 Å². The molecule has 1 heterocycles. The molecular weight excluding hydrogens is 368 g/mol. The molecule has 1 amide bonds. The van der Waals surface area contributed by atoms with Crippen LogP contribution in [0.1, 0.15) is 37.5 Å². The number of carboxylic acids is 1. The molecule has 0 aliphatic carbocycles. The zero-order valence-electron chi connectivity index (χ0n) is 17.1. The number of hydrogen-bond acceptors (Lipinski definition) is 3. The largest absolute Gasteiger partial charge is 0.479 e. The van der Waals surface area contributed by atoms with Crippen LogP contribution in [0.4, 0.5) is 4.79 Å². The quantitative estimate of drug-likeness (QED) is 0.573. The number of amides is 1. The maximum absolute atomic E-state index is 12.5. The smallest absolute Gasteiger partial charge is 0.408 e. The fourth-order valence-electron chi connectivity index (χ4n) is 3.46. The third-order valence-electron chi connectivity index (χ3n) is 5.75. The number of carbonyl (C=O) groups is 2. The van der Waals surface area contributed by atoms with Crippen molar-refractivity contribution in [3.05, 3.63) is 71.4 Å². The average Bonchev–Trinajstić information content (AvgIpc) is 3.10. The molecule has 0 aliphatic heterocycles. The molecule has 6 heteroatoms. The molecule has 29 heavy (non-hydrogen) atoms. The number of aromatic amines is 1. The van der Waals surface area contributed by atoms with Crippen molar-refractivity contribution in [1.82, 2.24) is 10.3 Å². The van der Waals surface area contributed by atoms with E-state index in [1.807, 2.05) is 75.5 Å². The second-order valence-corrected chi connectivity index (χ2v) is 7.99. The summed E-state index contributed by atoms with van der Waals surface area (Å²) >= 11 is 0. The van der Waals surface area contributed by atoms with Crippen LogP contribution < -0.4 is 5.32 Å². The van der Waals surface area contributed by atoms with Gasteiger partial charge in [0, 0.05) is 22.5 Å². The molecule has 3 N–H and O–H groups in total. The lowest BCUT2D eigenvalue weighted by atomic mass is 9.68. The molecule has 0 fully saturated rings. The molecule has 1 atom stereocenters. The number of hydrogen-bond donors (Lipinski definition) is 3. The van der Waals surface area contributed by atoms with Crippen LogP contribution in [0, 0.1) is 6.92 Å². The minimum Gasteiger partial charge on any atom is -0.479 e. The van der Waals surface area contributed by atoms with Gasteiger partial charge >= 0.3 is 12.1 Å². The minimum atomic E-state index is -1.60. The number of aryl methyl sites for hydroxylation is 1. The Balaban J connectivity index is 1.88. The summed E-state index contributed by atoms with van der Waals surface area (Å²) in [5.74, 6) is -1.14. The number of carbonyl (C=O) groups excluding carboxylic acids is 1. The van der Waals surface area contributed by atoms with Gasteiger partial charge in [0.1, 0.15) is 12.1 Å². The number of carboxylic acid groups (broad SMARTS) is 1. The highest BCUT2D eigenvalue weighted by atomic mass is 16.5. The third-order valence-corrected chi connectivity index (χ3v) is 5.75. The van der Waals surface area contributed by atoms with Gasteiger partial charge < -0.3 is 20.1 Å². The van der Waals surface area contributed by atoms with Crippen LogP contribution in [0.25, 0.3) is 10.9 Å². The Morgan fingerprint density at radius 3 is 2.45 bits per heavy atom. The Morgan fingerprint density at radius 2 is 1.79 bits per heavy atom. The maximum Gasteiger partial charge on any atom is 0.408 e. The van der Waals surface area contributed by atoms with Gasteiger partial charge in [-0.25, -0.2) is 9.59 Å². The number of ether oxygens (including phenoxy) is 1. The Kier molecular flexibility index (Phi) is 5.38. The molecule has 152 valence electrons. The van der Waals surface area contributed by atoms with Crippen LogP contribution in [0.3, 0.4) is 0 Å². The van der Waals surface area contributed by atoms with Crippen LogP contribution in [-0.4, -0.2) is 27.7 Å². The van der Waals surface area contributed by atoms with Crippen molar-refractivity contribution in [3.63, 3.8) is 0 Å². The van der Waals surface area contributed by atoms with Gasteiger partial charge in [-0.3, -0.25) is 0 Å². The zero-order valence-corrected chi connectivity index (χ0v) is 17.1. The van der Waals surface area contributed by atoms with E-state index < -0.39 is 23.0 Å². The molecule has 0 aliphatic rings. The van der Waals surface area contributed by atoms with E-state index in [0.29, 0.717) is 0 Å². The topological polar surface area (TPSA) is 91.4 Å². The molecule has 0 bridgehead atoms. The molecule has 6 nitrogen and oxygen atoms in total. The number of benzene rings is 2. The molecule has 1 unspecified atom stereocenters. The first kappa shape index (κ1) is 20.5. The first-order valence-electron chi connectivity index (χ1n) is 9.45. The van der Waals surface area contributed by atoms with Gasteiger partial charge in [0.25, 0.3) is 0 Å². The van der Waals surface area contributed by atoms with E-state index in [9.17, 15) is 14.7 Å². The number of H-pyrrole nitrogens is 1. The van der Waals surface area contributed by atoms with Crippen LogP contribution in [0.2, 0.25) is 0 Å². The zero-order chi connectivity index (χ0) is 21.2. The normalized spacial score (nSPS) is 13.7. The number of aromatic nitrogens is 1. The molecule has 0 spiro atoms. The van der Waals surface area contributed by atoms with Crippen molar-refractivity contribution < 1.29 is 19.4 Å². The number of nitrogens with one attached hydrogen (secondary N) is 2. The van der Waals surface area contributed by atoms with E-state index >= 15 is 0 Å². The van der Waals surface area contributed by atoms with Crippen molar-refractivity contribution in [2.75, 3.05) is 0 Å². The molecule has 3 aromatic rings. The molecule has 2 aromatic carbocycles. The predicted molar refractivity (Wildman–Crippen MR) is 112 cm³/mol. The van der Waals surface area contributed by atoms with Gasteiger partial charge in [-0.1, -0.05) is 55.8 Å². The van der Waals surface area contributed by atoms with Gasteiger partial charge in [0.15, 0.2) is 0 Å². The monoisotopic (exact) mass is 394 g/mol. The molecule has 0 radical (unpaired) electrons. The van der Waals surface area contributed by atoms with Crippen molar-refractivity contribution in [2.24, 2.45) is 0 Å². The van der Waals surface area contributed by atoms with Crippen LogP contribution in [0.15, 0.2) is 54.7 Å². The highest BCUT2D eigenvalue weighted by molar-refractivity contribution is 5.90. The van der Waals surface area contributed by atoms with Crippen molar-refractivity contribution in [1.29, 1.82) is 0 Å². The Bertz CT molecular complexity index is 1040. The molecular formula is C23H26N2O4. The summed E-state index contributed by atoms with van der Waals surface area (Å²) in [7, 11) is 0. The van der Waals surface area contributed by atoms with Gasteiger partial charge in [0.2, 0.25) is 0 Å². The molecule has 3 rings (SSSR count). The summed E-state index contributed by atoms with van der Waals surface area (Å²) in [4.78, 5) is 28.0. The molecule has 1 aromatic heterocycles. The maximum atomic E-state index is 12.5. The number of rotatable bonds is 6. The highest BCUT2D eigenvalue weighted by Crippen LogP contribution is 2.39. The van der Waals surface area contributed by atoms with Crippen molar-refractivity contribution >= 4 is 23.0 Å². The van der Waals surface area contributed by atoms with Crippen LogP contribution >= 0.6 is 0 Å². The number of fused-ring (bicyclic) bond motifs is 1. The van der Waals surface area contributed by atoms with E-state index in [1.54, 1.807) is 0 Å². The summed E-state index contributed by atoms with van der Waals surface area (Å²) in [5, 5.41) is 13.6. The summed E-state index contributed by atoms with van der Waals surface area (Å²) in [6, 6.07) is 15.2. The Morgan fingerprint density at radius 1 is 1.10 bits per heavy atom. The van der Waals surface area contributed by atoms with Crippen LogP contribution in [-0.2, 0) is 21.6 Å². The van der Waals surface area contributed by atoms with E-state index in [0.717, 1.165) is 27.6 Å². The lowest BCUT2D eigenvalue weighted by Crippen LogP contribution is -2.63.